The smallest absolute Gasteiger partial charge is 0.293 e. The van der Waals surface area contributed by atoms with Gasteiger partial charge in [-0.25, -0.2) is 0 Å². The number of hydrogen-bond donors (Lipinski definition) is 1. The summed E-state index contributed by atoms with van der Waals surface area (Å²) in [7, 11) is 1.50. The van der Waals surface area contributed by atoms with Gasteiger partial charge in [-0.1, -0.05) is 42.5 Å². The zero-order chi connectivity index (χ0) is 26.4. The summed E-state index contributed by atoms with van der Waals surface area (Å²) in [5.74, 6) is 0.202. The Hall–Kier alpha value is -4.04. The monoisotopic (exact) mass is 516 g/mol. The Morgan fingerprint density at radius 2 is 1.76 bits per heavy atom. The van der Waals surface area contributed by atoms with Crippen molar-refractivity contribution in [2.24, 2.45) is 0 Å². The average molecular weight is 517 g/mol. The van der Waals surface area contributed by atoms with Crippen molar-refractivity contribution in [1.82, 2.24) is 4.90 Å². The van der Waals surface area contributed by atoms with E-state index in [2.05, 4.69) is 5.32 Å². The predicted octanol–water partition coefficient (Wildman–Crippen LogP) is 5.61. The number of amides is 3. The van der Waals surface area contributed by atoms with Crippen LogP contribution in [0.4, 0.5) is 10.5 Å². The fourth-order valence-electron chi connectivity index (χ4n) is 3.78. The van der Waals surface area contributed by atoms with Crippen LogP contribution in [0.2, 0.25) is 0 Å². The molecule has 0 bridgehead atoms. The summed E-state index contributed by atoms with van der Waals surface area (Å²) in [6.45, 7) is 4.13. The van der Waals surface area contributed by atoms with Crippen LogP contribution in [-0.4, -0.2) is 42.2 Å². The van der Waals surface area contributed by atoms with Crippen LogP contribution in [0.3, 0.4) is 0 Å². The van der Waals surface area contributed by atoms with E-state index in [0.717, 1.165) is 28.5 Å². The topological polar surface area (TPSA) is 84.9 Å². The molecule has 0 saturated carbocycles. The second-order valence-corrected chi connectivity index (χ2v) is 9.61. The zero-order valence-corrected chi connectivity index (χ0v) is 21.8. The molecule has 0 atom stereocenters. The molecule has 8 heteroatoms. The van der Waals surface area contributed by atoms with Crippen molar-refractivity contribution in [2.75, 3.05) is 25.6 Å². The molecule has 7 nitrogen and oxygen atoms in total. The number of nitrogens with zero attached hydrogens (tertiary/aromatic N) is 1. The van der Waals surface area contributed by atoms with Gasteiger partial charge in [0, 0.05) is 12.2 Å². The number of rotatable bonds is 9. The lowest BCUT2D eigenvalue weighted by molar-refractivity contribution is -0.122. The van der Waals surface area contributed by atoms with Gasteiger partial charge in [-0.05, 0) is 84.6 Å². The second-order valence-electron chi connectivity index (χ2n) is 8.62. The van der Waals surface area contributed by atoms with Crippen molar-refractivity contribution in [3.8, 4) is 11.5 Å². The van der Waals surface area contributed by atoms with Crippen molar-refractivity contribution < 1.29 is 23.9 Å². The average Bonchev–Trinajstić information content (AvgIpc) is 3.16. The van der Waals surface area contributed by atoms with E-state index in [9.17, 15) is 14.4 Å². The molecule has 4 rings (SSSR count). The van der Waals surface area contributed by atoms with Crippen LogP contribution in [0, 0.1) is 13.8 Å². The maximum Gasteiger partial charge on any atom is 0.293 e. The third kappa shape index (κ3) is 6.59. The molecule has 1 heterocycles. The van der Waals surface area contributed by atoms with Crippen LogP contribution in [0.1, 0.15) is 22.3 Å². The predicted molar refractivity (Wildman–Crippen MR) is 146 cm³/mol. The minimum absolute atomic E-state index is 0.192. The molecule has 3 amide bonds. The third-order valence-corrected chi connectivity index (χ3v) is 6.88. The van der Waals surface area contributed by atoms with Crippen molar-refractivity contribution in [3.63, 3.8) is 0 Å². The Morgan fingerprint density at radius 1 is 0.973 bits per heavy atom. The summed E-state index contributed by atoms with van der Waals surface area (Å²) < 4.78 is 11.1. The fraction of sp³-hybridized carbons (Fsp3) is 0.207. The number of hydrogen-bond acceptors (Lipinski definition) is 6. The highest BCUT2D eigenvalue weighted by molar-refractivity contribution is 8.18. The molecular weight excluding hydrogens is 488 g/mol. The van der Waals surface area contributed by atoms with Crippen LogP contribution < -0.4 is 14.8 Å². The molecule has 1 saturated heterocycles. The summed E-state index contributed by atoms with van der Waals surface area (Å²) in [5.41, 5.74) is 4.68. The first-order valence-corrected chi connectivity index (χ1v) is 12.6. The first-order valence-electron chi connectivity index (χ1n) is 11.8. The lowest BCUT2D eigenvalue weighted by atomic mass is 10.1. The van der Waals surface area contributed by atoms with Gasteiger partial charge < -0.3 is 14.8 Å². The number of thioether (sulfide) groups is 1. The lowest BCUT2D eigenvalue weighted by Crippen LogP contribution is -2.30. The quantitative estimate of drug-likeness (QED) is 0.372. The summed E-state index contributed by atoms with van der Waals surface area (Å²) in [4.78, 5) is 39.3. The lowest BCUT2D eigenvalue weighted by Gasteiger charge is -2.13. The van der Waals surface area contributed by atoms with Gasteiger partial charge in [0.05, 0.1) is 12.0 Å². The maximum atomic E-state index is 12.8. The SMILES string of the molecule is COc1cc(/C=C2/SC(=O)N(CCc3ccccc3)C2=O)ccc1OCC(=O)Nc1ccc(C)c(C)c1. The number of methoxy groups -OCH3 is 1. The fourth-order valence-corrected chi connectivity index (χ4v) is 4.65. The van der Waals surface area contributed by atoms with Gasteiger partial charge in [0.1, 0.15) is 0 Å². The first kappa shape index (κ1) is 26.0. The van der Waals surface area contributed by atoms with E-state index in [0.29, 0.717) is 40.6 Å². The van der Waals surface area contributed by atoms with Crippen LogP contribution in [0.5, 0.6) is 11.5 Å². The standard InChI is InChI=1S/C29H28N2O5S/c1-19-9-11-23(15-20(19)2)30-27(32)18-36-24-12-10-22(16-25(24)35-3)17-26-28(33)31(29(34)37-26)14-13-21-7-5-4-6-8-21/h4-12,15-17H,13-14,18H2,1-3H3,(H,30,32)/b26-17+. The summed E-state index contributed by atoms with van der Waals surface area (Å²) in [6, 6.07) is 20.6. The third-order valence-electron chi connectivity index (χ3n) is 5.98. The van der Waals surface area contributed by atoms with Crippen molar-refractivity contribution in [1.29, 1.82) is 0 Å². The van der Waals surface area contributed by atoms with Crippen LogP contribution >= 0.6 is 11.8 Å². The number of nitrogens with one attached hydrogen (secondary N) is 1. The molecule has 0 unspecified atom stereocenters. The highest BCUT2D eigenvalue weighted by Gasteiger charge is 2.34. The highest BCUT2D eigenvalue weighted by atomic mass is 32.2. The van der Waals surface area contributed by atoms with Crippen LogP contribution in [0.25, 0.3) is 6.08 Å². The first-order chi connectivity index (χ1) is 17.8. The molecule has 190 valence electrons. The number of carbonyl (C=O) groups is 3. The molecule has 0 aromatic heterocycles. The van der Waals surface area contributed by atoms with Gasteiger partial charge in [-0.15, -0.1) is 0 Å². The van der Waals surface area contributed by atoms with E-state index >= 15 is 0 Å². The van der Waals surface area contributed by atoms with E-state index < -0.39 is 0 Å². The Morgan fingerprint density at radius 3 is 2.49 bits per heavy atom. The Kier molecular flexibility index (Phi) is 8.30. The van der Waals surface area contributed by atoms with Gasteiger partial charge in [-0.2, -0.15) is 0 Å². The summed E-state index contributed by atoms with van der Waals surface area (Å²) >= 11 is 0.920. The molecule has 0 aliphatic carbocycles. The second kappa shape index (κ2) is 11.8. The zero-order valence-electron chi connectivity index (χ0n) is 20.9. The number of carbonyl (C=O) groups excluding carboxylic acids is 3. The molecular formula is C29H28N2O5S. The Labute approximate surface area is 220 Å². The van der Waals surface area contributed by atoms with Gasteiger partial charge in [0.2, 0.25) is 0 Å². The molecule has 1 fully saturated rings. The summed E-state index contributed by atoms with van der Waals surface area (Å²) in [5, 5.41) is 2.54. The summed E-state index contributed by atoms with van der Waals surface area (Å²) in [6.07, 6.45) is 2.26. The normalized spacial score (nSPS) is 14.2. The Balaban J connectivity index is 1.38. The van der Waals surface area contributed by atoms with Crippen LogP contribution in [-0.2, 0) is 16.0 Å². The van der Waals surface area contributed by atoms with E-state index in [1.165, 1.54) is 12.0 Å². The minimum atomic E-state index is -0.312. The number of imide groups is 1. The van der Waals surface area contributed by atoms with Gasteiger partial charge in [0.25, 0.3) is 17.1 Å². The van der Waals surface area contributed by atoms with E-state index in [-0.39, 0.29) is 23.7 Å². The van der Waals surface area contributed by atoms with E-state index in [1.54, 1.807) is 24.3 Å². The molecule has 0 radical (unpaired) electrons. The number of anilines is 1. The molecule has 3 aromatic rings. The molecule has 1 aliphatic heterocycles. The van der Waals surface area contributed by atoms with Crippen molar-refractivity contribution in [2.45, 2.75) is 20.3 Å². The number of aryl methyl sites for hydroxylation is 2. The van der Waals surface area contributed by atoms with Gasteiger partial charge in [0.15, 0.2) is 18.1 Å². The molecule has 1 N–H and O–H groups in total. The van der Waals surface area contributed by atoms with E-state index in [4.69, 9.17) is 9.47 Å². The van der Waals surface area contributed by atoms with Gasteiger partial charge >= 0.3 is 0 Å². The molecule has 0 spiro atoms. The number of benzene rings is 3. The van der Waals surface area contributed by atoms with Crippen molar-refractivity contribution in [3.05, 3.63) is 93.9 Å². The Bertz CT molecular complexity index is 1350. The molecule has 3 aromatic carbocycles. The van der Waals surface area contributed by atoms with E-state index in [1.807, 2.05) is 62.4 Å². The van der Waals surface area contributed by atoms with Crippen molar-refractivity contribution >= 4 is 40.6 Å². The maximum absolute atomic E-state index is 12.8. The number of ether oxygens (including phenoxy) is 2. The largest absolute Gasteiger partial charge is 0.493 e. The van der Waals surface area contributed by atoms with Gasteiger partial charge in [-0.3, -0.25) is 19.3 Å². The minimum Gasteiger partial charge on any atom is -0.493 e. The van der Waals surface area contributed by atoms with Crippen LogP contribution in [0.15, 0.2) is 71.6 Å². The molecule has 1 aliphatic rings. The molecule has 37 heavy (non-hydrogen) atoms. The highest BCUT2D eigenvalue weighted by Crippen LogP contribution is 2.34.